The van der Waals surface area contributed by atoms with Gasteiger partial charge in [-0.2, -0.15) is 0 Å². The second-order valence-corrected chi connectivity index (χ2v) is 7.21. The van der Waals surface area contributed by atoms with E-state index in [4.69, 9.17) is 18.9 Å². The maximum absolute atomic E-state index is 12.4. The SMILES string of the molecule is COc1ccccc1CN(C)C(=O)COC(=O)c1ccc(OCC(C)C)c(OC)c1. The lowest BCUT2D eigenvalue weighted by Crippen LogP contribution is -2.31. The van der Waals surface area contributed by atoms with Gasteiger partial charge in [-0.1, -0.05) is 32.0 Å². The first kappa shape index (κ1) is 23.1. The summed E-state index contributed by atoms with van der Waals surface area (Å²) in [6.45, 7) is 4.60. The van der Waals surface area contributed by atoms with E-state index in [1.807, 2.05) is 38.1 Å². The molecule has 0 saturated carbocycles. The summed E-state index contributed by atoms with van der Waals surface area (Å²) in [5.41, 5.74) is 1.15. The van der Waals surface area contributed by atoms with Crippen LogP contribution in [0.1, 0.15) is 29.8 Å². The van der Waals surface area contributed by atoms with E-state index in [1.165, 1.54) is 12.0 Å². The van der Waals surface area contributed by atoms with Crippen molar-refractivity contribution in [3.63, 3.8) is 0 Å². The molecule has 1 amide bonds. The Morgan fingerprint density at radius 1 is 0.967 bits per heavy atom. The first-order valence-electron chi connectivity index (χ1n) is 9.69. The Balaban J connectivity index is 1.95. The van der Waals surface area contributed by atoms with E-state index in [0.717, 1.165) is 5.56 Å². The fraction of sp³-hybridized carbons (Fsp3) is 0.391. The standard InChI is InChI=1S/C23H29NO6/c1-16(2)14-29-20-11-10-17(12-21(20)28-5)23(26)30-15-22(25)24(3)13-18-8-6-7-9-19(18)27-4/h6-12,16H,13-15H2,1-5H3. The number of para-hydroxylation sites is 1. The van der Waals surface area contributed by atoms with Gasteiger partial charge in [0, 0.05) is 19.2 Å². The Bertz CT molecular complexity index is 865. The molecule has 0 fully saturated rings. The third kappa shape index (κ3) is 6.40. The molecule has 7 heteroatoms. The topological polar surface area (TPSA) is 74.3 Å². The summed E-state index contributed by atoms with van der Waals surface area (Å²) in [5, 5.41) is 0. The number of ether oxygens (including phenoxy) is 4. The van der Waals surface area contributed by atoms with Crippen molar-refractivity contribution in [3.8, 4) is 17.2 Å². The molecule has 2 aromatic carbocycles. The molecule has 0 N–H and O–H groups in total. The molecule has 0 atom stereocenters. The number of rotatable bonds is 10. The summed E-state index contributed by atoms with van der Waals surface area (Å²) in [4.78, 5) is 26.2. The summed E-state index contributed by atoms with van der Waals surface area (Å²) in [5.74, 6) is 1.11. The molecule has 0 heterocycles. The smallest absolute Gasteiger partial charge is 0.338 e. The van der Waals surface area contributed by atoms with Crippen LogP contribution in [0.3, 0.4) is 0 Å². The van der Waals surface area contributed by atoms with E-state index in [0.29, 0.717) is 36.3 Å². The molecular weight excluding hydrogens is 386 g/mol. The summed E-state index contributed by atoms with van der Waals surface area (Å²) in [6.07, 6.45) is 0. The third-order valence-corrected chi connectivity index (χ3v) is 4.32. The van der Waals surface area contributed by atoms with E-state index in [2.05, 4.69) is 0 Å². The highest BCUT2D eigenvalue weighted by Gasteiger charge is 2.17. The minimum absolute atomic E-state index is 0.281. The normalized spacial score (nSPS) is 10.5. The quantitative estimate of drug-likeness (QED) is 0.553. The average molecular weight is 415 g/mol. The molecule has 0 radical (unpaired) electrons. The van der Waals surface area contributed by atoms with Crippen LogP contribution in [-0.4, -0.2) is 51.3 Å². The van der Waals surface area contributed by atoms with Gasteiger partial charge >= 0.3 is 5.97 Å². The lowest BCUT2D eigenvalue weighted by Gasteiger charge is -2.19. The van der Waals surface area contributed by atoms with Crippen LogP contribution in [0.15, 0.2) is 42.5 Å². The van der Waals surface area contributed by atoms with Crippen molar-refractivity contribution in [2.45, 2.75) is 20.4 Å². The fourth-order valence-corrected chi connectivity index (χ4v) is 2.67. The van der Waals surface area contributed by atoms with Gasteiger partial charge in [0.1, 0.15) is 5.75 Å². The summed E-state index contributed by atoms with van der Waals surface area (Å²) >= 11 is 0. The van der Waals surface area contributed by atoms with Gasteiger partial charge in [-0.3, -0.25) is 4.79 Å². The van der Waals surface area contributed by atoms with Crippen LogP contribution in [0, 0.1) is 5.92 Å². The van der Waals surface area contributed by atoms with Gasteiger partial charge in [-0.25, -0.2) is 4.79 Å². The Kier molecular flexibility index (Phi) is 8.53. The van der Waals surface area contributed by atoms with Gasteiger partial charge in [0.25, 0.3) is 5.91 Å². The highest BCUT2D eigenvalue weighted by atomic mass is 16.5. The molecule has 0 unspecified atom stereocenters. The lowest BCUT2D eigenvalue weighted by atomic mass is 10.2. The maximum Gasteiger partial charge on any atom is 0.338 e. The fourth-order valence-electron chi connectivity index (χ4n) is 2.67. The van der Waals surface area contributed by atoms with Crippen molar-refractivity contribution < 1.29 is 28.5 Å². The average Bonchev–Trinajstić information content (AvgIpc) is 2.75. The van der Waals surface area contributed by atoms with Gasteiger partial charge < -0.3 is 23.8 Å². The molecule has 0 saturated heterocycles. The summed E-state index contributed by atoms with van der Waals surface area (Å²) in [6, 6.07) is 12.2. The van der Waals surface area contributed by atoms with Gasteiger partial charge in [0.2, 0.25) is 0 Å². The van der Waals surface area contributed by atoms with Gasteiger partial charge in [-0.15, -0.1) is 0 Å². The van der Waals surface area contributed by atoms with Crippen molar-refractivity contribution in [3.05, 3.63) is 53.6 Å². The number of likely N-dealkylation sites (N-methyl/N-ethyl adjacent to an activating group) is 1. The Hall–Kier alpha value is -3.22. The second-order valence-electron chi connectivity index (χ2n) is 7.21. The molecule has 2 rings (SSSR count). The number of hydrogen-bond acceptors (Lipinski definition) is 6. The maximum atomic E-state index is 12.4. The number of amides is 1. The molecule has 0 aromatic heterocycles. The molecule has 0 aliphatic carbocycles. The molecule has 0 aliphatic heterocycles. The summed E-state index contributed by atoms with van der Waals surface area (Å²) in [7, 11) is 4.73. The number of esters is 1. The van der Waals surface area contributed by atoms with E-state index >= 15 is 0 Å². The van der Waals surface area contributed by atoms with Crippen LogP contribution < -0.4 is 14.2 Å². The van der Waals surface area contributed by atoms with Crippen LogP contribution >= 0.6 is 0 Å². The zero-order valence-electron chi connectivity index (χ0n) is 18.1. The number of carbonyl (C=O) groups excluding carboxylic acids is 2. The van der Waals surface area contributed by atoms with Crippen LogP contribution in [0.5, 0.6) is 17.2 Å². The Labute approximate surface area is 177 Å². The van der Waals surface area contributed by atoms with Crippen LogP contribution in [0.2, 0.25) is 0 Å². The monoisotopic (exact) mass is 415 g/mol. The lowest BCUT2D eigenvalue weighted by molar-refractivity contribution is -0.133. The molecule has 30 heavy (non-hydrogen) atoms. The second kappa shape index (κ2) is 11.1. The van der Waals surface area contributed by atoms with Crippen LogP contribution in [-0.2, 0) is 16.1 Å². The van der Waals surface area contributed by atoms with Crippen molar-refractivity contribution >= 4 is 11.9 Å². The third-order valence-electron chi connectivity index (χ3n) is 4.32. The van der Waals surface area contributed by atoms with Crippen molar-refractivity contribution in [2.24, 2.45) is 5.92 Å². The molecule has 0 aliphatic rings. The van der Waals surface area contributed by atoms with E-state index in [1.54, 1.807) is 32.4 Å². The predicted octanol–water partition coefficient (Wildman–Crippen LogP) is 3.55. The highest BCUT2D eigenvalue weighted by Crippen LogP contribution is 2.28. The van der Waals surface area contributed by atoms with Crippen LogP contribution in [0.25, 0.3) is 0 Å². The molecule has 2 aromatic rings. The first-order valence-corrected chi connectivity index (χ1v) is 9.69. The summed E-state index contributed by atoms with van der Waals surface area (Å²) < 4.78 is 21.5. The zero-order valence-corrected chi connectivity index (χ0v) is 18.1. The highest BCUT2D eigenvalue weighted by molar-refractivity contribution is 5.92. The van der Waals surface area contributed by atoms with Crippen molar-refractivity contribution in [1.29, 1.82) is 0 Å². The number of benzene rings is 2. The molecular formula is C23H29NO6. The van der Waals surface area contributed by atoms with Gasteiger partial charge in [0.15, 0.2) is 18.1 Å². The number of carbonyl (C=O) groups is 2. The van der Waals surface area contributed by atoms with E-state index in [9.17, 15) is 9.59 Å². The predicted molar refractivity (Wildman–Crippen MR) is 113 cm³/mol. The Morgan fingerprint density at radius 3 is 2.33 bits per heavy atom. The molecule has 162 valence electrons. The van der Waals surface area contributed by atoms with Crippen molar-refractivity contribution in [2.75, 3.05) is 34.5 Å². The Morgan fingerprint density at radius 2 is 1.67 bits per heavy atom. The number of nitrogens with zero attached hydrogens (tertiary/aromatic N) is 1. The van der Waals surface area contributed by atoms with Crippen LogP contribution in [0.4, 0.5) is 0 Å². The van der Waals surface area contributed by atoms with Gasteiger partial charge in [0.05, 0.1) is 26.4 Å². The van der Waals surface area contributed by atoms with Crippen molar-refractivity contribution in [1.82, 2.24) is 4.90 Å². The zero-order chi connectivity index (χ0) is 22.1. The van der Waals surface area contributed by atoms with E-state index in [-0.39, 0.29) is 18.1 Å². The minimum atomic E-state index is -0.609. The molecule has 0 spiro atoms. The minimum Gasteiger partial charge on any atom is -0.496 e. The van der Waals surface area contributed by atoms with E-state index < -0.39 is 5.97 Å². The first-order chi connectivity index (χ1) is 14.3. The van der Waals surface area contributed by atoms with Gasteiger partial charge in [-0.05, 0) is 30.2 Å². The number of methoxy groups -OCH3 is 2. The number of hydrogen-bond donors (Lipinski definition) is 0. The molecule has 7 nitrogen and oxygen atoms in total. The largest absolute Gasteiger partial charge is 0.496 e. The molecule has 0 bridgehead atoms.